The number of halogens is 1. The van der Waals surface area contributed by atoms with Gasteiger partial charge < -0.3 is 4.74 Å². The topological polar surface area (TPSA) is 44.1 Å². The lowest BCUT2D eigenvalue weighted by atomic mass is 10.1. The highest BCUT2D eigenvalue weighted by Gasteiger charge is 2.07. The van der Waals surface area contributed by atoms with Crippen LogP contribution >= 0.6 is 0 Å². The summed E-state index contributed by atoms with van der Waals surface area (Å²) < 4.78 is 20.1. The zero-order valence-electron chi connectivity index (χ0n) is 12.6. The molecular formula is C18H15FN2O2. The van der Waals surface area contributed by atoms with Crippen molar-refractivity contribution in [2.24, 2.45) is 0 Å². The zero-order chi connectivity index (χ0) is 16.2. The van der Waals surface area contributed by atoms with Gasteiger partial charge in [-0.3, -0.25) is 4.79 Å². The summed E-state index contributed by atoms with van der Waals surface area (Å²) in [7, 11) is 1.60. The third-order valence-electron chi connectivity index (χ3n) is 3.53. The Kier molecular flexibility index (Phi) is 4.19. The Morgan fingerprint density at radius 1 is 1.04 bits per heavy atom. The number of hydrogen-bond donors (Lipinski definition) is 0. The first-order chi connectivity index (χ1) is 11.2. The van der Waals surface area contributed by atoms with Gasteiger partial charge in [0.1, 0.15) is 11.6 Å². The van der Waals surface area contributed by atoms with Gasteiger partial charge in [-0.15, -0.1) is 0 Å². The SMILES string of the molecule is COc1ccc(-c2ccc(=O)n(Cc3ccccc3F)n2)cc1. The first kappa shape index (κ1) is 15.0. The fourth-order valence-electron chi connectivity index (χ4n) is 2.27. The van der Waals surface area contributed by atoms with E-state index in [-0.39, 0.29) is 17.9 Å². The zero-order valence-corrected chi connectivity index (χ0v) is 12.6. The molecule has 3 rings (SSSR count). The minimum Gasteiger partial charge on any atom is -0.497 e. The molecule has 0 amide bonds. The van der Waals surface area contributed by atoms with Crippen molar-refractivity contribution in [2.45, 2.75) is 6.54 Å². The normalized spacial score (nSPS) is 10.5. The summed E-state index contributed by atoms with van der Waals surface area (Å²) >= 11 is 0. The molecule has 1 aromatic heterocycles. The van der Waals surface area contributed by atoms with E-state index in [1.54, 1.807) is 31.4 Å². The maximum absolute atomic E-state index is 13.8. The van der Waals surface area contributed by atoms with E-state index in [1.807, 2.05) is 24.3 Å². The van der Waals surface area contributed by atoms with Gasteiger partial charge in [-0.2, -0.15) is 5.10 Å². The molecule has 3 aromatic rings. The molecule has 0 saturated heterocycles. The molecule has 0 fully saturated rings. The summed E-state index contributed by atoms with van der Waals surface area (Å²) in [6.45, 7) is 0.0928. The van der Waals surface area contributed by atoms with Gasteiger partial charge in [-0.1, -0.05) is 18.2 Å². The van der Waals surface area contributed by atoms with Gasteiger partial charge in [0.15, 0.2) is 0 Å². The molecule has 0 saturated carbocycles. The number of aromatic nitrogens is 2. The number of nitrogens with zero attached hydrogens (tertiary/aromatic N) is 2. The number of hydrogen-bond acceptors (Lipinski definition) is 3. The molecule has 2 aromatic carbocycles. The highest BCUT2D eigenvalue weighted by Crippen LogP contribution is 2.19. The Labute approximate surface area is 132 Å². The second-order valence-corrected chi connectivity index (χ2v) is 5.03. The fraction of sp³-hybridized carbons (Fsp3) is 0.111. The van der Waals surface area contributed by atoms with Crippen LogP contribution in [0.5, 0.6) is 5.75 Å². The van der Waals surface area contributed by atoms with Crippen LogP contribution in [-0.4, -0.2) is 16.9 Å². The predicted molar refractivity (Wildman–Crippen MR) is 86.0 cm³/mol. The van der Waals surface area contributed by atoms with Crippen LogP contribution in [0.15, 0.2) is 65.5 Å². The van der Waals surface area contributed by atoms with Crippen molar-refractivity contribution in [1.29, 1.82) is 0 Å². The van der Waals surface area contributed by atoms with Crippen molar-refractivity contribution in [3.05, 3.63) is 82.4 Å². The van der Waals surface area contributed by atoms with Crippen LogP contribution in [0.2, 0.25) is 0 Å². The Balaban J connectivity index is 1.95. The lowest BCUT2D eigenvalue weighted by Gasteiger charge is -2.08. The molecule has 0 spiro atoms. The molecule has 23 heavy (non-hydrogen) atoms. The number of benzene rings is 2. The largest absolute Gasteiger partial charge is 0.497 e. The summed E-state index contributed by atoms with van der Waals surface area (Å²) in [4.78, 5) is 12.0. The first-order valence-corrected chi connectivity index (χ1v) is 7.13. The summed E-state index contributed by atoms with van der Waals surface area (Å²) in [5, 5.41) is 4.33. The van der Waals surface area contributed by atoms with Gasteiger partial charge in [-0.25, -0.2) is 9.07 Å². The highest BCUT2D eigenvalue weighted by molar-refractivity contribution is 5.59. The standard InChI is InChI=1S/C18H15FN2O2/c1-23-15-8-6-13(7-9-15)17-10-11-18(22)21(20-17)12-14-4-2-3-5-16(14)19/h2-11H,12H2,1H3. The molecular weight excluding hydrogens is 295 g/mol. The Morgan fingerprint density at radius 3 is 2.48 bits per heavy atom. The van der Waals surface area contributed by atoms with E-state index in [9.17, 15) is 9.18 Å². The maximum atomic E-state index is 13.8. The maximum Gasteiger partial charge on any atom is 0.267 e. The number of methoxy groups -OCH3 is 1. The molecule has 0 aliphatic carbocycles. The van der Waals surface area contributed by atoms with E-state index in [0.717, 1.165) is 11.3 Å². The van der Waals surface area contributed by atoms with Gasteiger partial charge in [0.25, 0.3) is 5.56 Å². The quantitative estimate of drug-likeness (QED) is 0.744. The first-order valence-electron chi connectivity index (χ1n) is 7.13. The molecule has 0 atom stereocenters. The van der Waals surface area contributed by atoms with Gasteiger partial charge in [0.2, 0.25) is 0 Å². The number of ether oxygens (including phenoxy) is 1. The minimum absolute atomic E-state index is 0.0928. The fourth-order valence-corrected chi connectivity index (χ4v) is 2.27. The minimum atomic E-state index is -0.351. The van der Waals surface area contributed by atoms with Gasteiger partial charge >= 0.3 is 0 Å². The Bertz CT molecular complexity index is 873. The van der Waals surface area contributed by atoms with Crippen molar-refractivity contribution in [3.8, 4) is 17.0 Å². The van der Waals surface area contributed by atoms with Crippen LogP contribution in [0.1, 0.15) is 5.56 Å². The molecule has 1 heterocycles. The van der Waals surface area contributed by atoms with E-state index in [0.29, 0.717) is 11.3 Å². The van der Waals surface area contributed by atoms with E-state index in [2.05, 4.69) is 5.10 Å². The molecule has 5 heteroatoms. The van der Waals surface area contributed by atoms with Crippen LogP contribution in [-0.2, 0) is 6.54 Å². The molecule has 4 nitrogen and oxygen atoms in total. The third-order valence-corrected chi connectivity index (χ3v) is 3.53. The van der Waals surface area contributed by atoms with E-state index in [4.69, 9.17) is 4.74 Å². The van der Waals surface area contributed by atoms with E-state index in [1.165, 1.54) is 16.8 Å². The van der Waals surface area contributed by atoms with Crippen molar-refractivity contribution in [2.75, 3.05) is 7.11 Å². The second-order valence-electron chi connectivity index (χ2n) is 5.03. The van der Waals surface area contributed by atoms with Crippen LogP contribution in [0.4, 0.5) is 4.39 Å². The van der Waals surface area contributed by atoms with Crippen LogP contribution < -0.4 is 10.3 Å². The molecule has 0 bridgehead atoms. The van der Waals surface area contributed by atoms with Gasteiger partial charge in [0.05, 0.1) is 19.3 Å². The third kappa shape index (κ3) is 3.29. The van der Waals surface area contributed by atoms with Crippen molar-refractivity contribution in [3.63, 3.8) is 0 Å². The highest BCUT2D eigenvalue weighted by atomic mass is 19.1. The monoisotopic (exact) mass is 310 g/mol. The van der Waals surface area contributed by atoms with Gasteiger partial charge in [-0.05, 0) is 36.4 Å². The molecule has 0 aliphatic rings. The summed E-state index contributed by atoms with van der Waals surface area (Å²) in [6.07, 6.45) is 0. The predicted octanol–water partition coefficient (Wildman–Crippen LogP) is 3.11. The number of rotatable bonds is 4. The summed E-state index contributed by atoms with van der Waals surface area (Å²) in [5.74, 6) is 0.393. The van der Waals surface area contributed by atoms with E-state index < -0.39 is 0 Å². The smallest absolute Gasteiger partial charge is 0.267 e. The summed E-state index contributed by atoms with van der Waals surface area (Å²) in [6, 6.07) is 16.8. The molecule has 0 unspecified atom stereocenters. The Hall–Kier alpha value is -2.95. The lowest BCUT2D eigenvalue weighted by molar-refractivity contribution is 0.415. The van der Waals surface area contributed by atoms with Crippen molar-refractivity contribution in [1.82, 2.24) is 9.78 Å². The van der Waals surface area contributed by atoms with Gasteiger partial charge in [0, 0.05) is 17.2 Å². The van der Waals surface area contributed by atoms with Crippen LogP contribution in [0, 0.1) is 5.82 Å². The van der Waals surface area contributed by atoms with Crippen LogP contribution in [0.3, 0.4) is 0 Å². The second kappa shape index (κ2) is 6.44. The average Bonchev–Trinajstić information content (AvgIpc) is 2.59. The average molecular weight is 310 g/mol. The molecule has 0 radical (unpaired) electrons. The molecule has 116 valence electrons. The summed E-state index contributed by atoms with van der Waals surface area (Å²) in [5.41, 5.74) is 1.65. The Morgan fingerprint density at radius 2 is 1.78 bits per heavy atom. The molecule has 0 aliphatic heterocycles. The lowest BCUT2D eigenvalue weighted by Crippen LogP contribution is -2.23. The van der Waals surface area contributed by atoms with E-state index >= 15 is 0 Å². The van der Waals surface area contributed by atoms with Crippen molar-refractivity contribution < 1.29 is 9.13 Å². The van der Waals surface area contributed by atoms with Crippen LogP contribution in [0.25, 0.3) is 11.3 Å². The van der Waals surface area contributed by atoms with Crippen molar-refractivity contribution >= 4 is 0 Å². The molecule has 0 N–H and O–H groups in total.